The van der Waals surface area contributed by atoms with Gasteiger partial charge >= 0.3 is 5.97 Å². The van der Waals surface area contributed by atoms with Gasteiger partial charge < -0.3 is 4.74 Å². The molecule has 0 unspecified atom stereocenters. The number of carbonyl (C=O) groups is 1. The molecule has 0 radical (unpaired) electrons. The second kappa shape index (κ2) is 4.60. The van der Waals surface area contributed by atoms with Crippen molar-refractivity contribution in [3.63, 3.8) is 0 Å². The summed E-state index contributed by atoms with van der Waals surface area (Å²) in [5, 5.41) is 24.6. The first-order valence-electron chi connectivity index (χ1n) is 6.49. The molecule has 0 amide bonds. The Morgan fingerprint density at radius 2 is 2.14 bits per heavy atom. The molecule has 2 aliphatic rings. The van der Waals surface area contributed by atoms with Crippen molar-refractivity contribution in [1.29, 1.82) is 10.5 Å². The molecule has 0 spiro atoms. The van der Waals surface area contributed by atoms with E-state index in [1.165, 1.54) is 12.1 Å². The Morgan fingerprint density at radius 3 is 2.81 bits per heavy atom. The quantitative estimate of drug-likeness (QED) is 0.724. The number of carbonyl (C=O) groups excluding carboxylic acids is 1. The number of benzene rings is 1. The first-order valence-corrected chi connectivity index (χ1v) is 6.49. The third-order valence-corrected chi connectivity index (χ3v) is 4.06. The van der Waals surface area contributed by atoms with Crippen LogP contribution >= 0.6 is 0 Å². The van der Waals surface area contributed by atoms with E-state index in [-0.39, 0.29) is 6.42 Å². The van der Waals surface area contributed by atoms with E-state index < -0.39 is 23.5 Å². The van der Waals surface area contributed by atoms with Crippen LogP contribution in [0, 0.1) is 28.6 Å². The number of hydrazone groups is 1. The van der Waals surface area contributed by atoms with E-state index in [1.807, 2.05) is 36.4 Å². The predicted molar refractivity (Wildman–Crippen MR) is 72.7 cm³/mol. The fourth-order valence-corrected chi connectivity index (χ4v) is 3.05. The summed E-state index contributed by atoms with van der Waals surface area (Å²) in [4.78, 5) is 12.1. The lowest BCUT2D eigenvalue weighted by Gasteiger charge is -2.33. The van der Waals surface area contributed by atoms with Crippen molar-refractivity contribution >= 4 is 12.2 Å². The number of ether oxygens (including phenoxy) is 1. The molecule has 6 heteroatoms. The lowest BCUT2D eigenvalue weighted by atomic mass is 9.88. The van der Waals surface area contributed by atoms with Gasteiger partial charge in [-0.25, -0.2) is 0 Å². The van der Waals surface area contributed by atoms with Gasteiger partial charge in [0.15, 0.2) is 0 Å². The summed E-state index contributed by atoms with van der Waals surface area (Å²) in [6.45, 7) is 0. The molecule has 0 saturated carbocycles. The van der Waals surface area contributed by atoms with Crippen LogP contribution in [0.5, 0.6) is 0 Å². The maximum atomic E-state index is 12.1. The Balaban J connectivity index is 2.17. The minimum Gasteiger partial charge on any atom is -0.469 e. The van der Waals surface area contributed by atoms with Crippen LogP contribution < -0.4 is 0 Å². The molecule has 3 rings (SSSR count). The smallest absolute Gasteiger partial charge is 0.311 e. The highest BCUT2D eigenvalue weighted by atomic mass is 16.5. The van der Waals surface area contributed by atoms with Gasteiger partial charge in [0, 0.05) is 6.42 Å². The molecular formula is C15H12N4O2. The van der Waals surface area contributed by atoms with Crippen molar-refractivity contribution in [2.75, 3.05) is 7.11 Å². The van der Waals surface area contributed by atoms with Gasteiger partial charge in [-0.05, 0) is 11.1 Å². The van der Waals surface area contributed by atoms with Crippen LogP contribution in [0.1, 0.15) is 23.6 Å². The summed E-state index contributed by atoms with van der Waals surface area (Å²) in [7, 11) is 1.31. The Kier molecular flexibility index (Phi) is 2.88. The summed E-state index contributed by atoms with van der Waals surface area (Å²) >= 11 is 0. The number of nitriles is 2. The van der Waals surface area contributed by atoms with Crippen LogP contribution in [0.4, 0.5) is 0 Å². The number of esters is 1. The molecule has 1 saturated heterocycles. The molecule has 0 N–H and O–H groups in total. The van der Waals surface area contributed by atoms with E-state index in [0.29, 0.717) is 0 Å². The fourth-order valence-electron chi connectivity index (χ4n) is 3.05. The number of hydrogen-bond acceptors (Lipinski definition) is 6. The van der Waals surface area contributed by atoms with E-state index in [1.54, 1.807) is 6.21 Å². The third-order valence-electron chi connectivity index (χ3n) is 4.06. The second-order valence-corrected chi connectivity index (χ2v) is 5.08. The van der Waals surface area contributed by atoms with E-state index in [2.05, 4.69) is 5.10 Å². The summed E-state index contributed by atoms with van der Waals surface area (Å²) in [5.74, 6) is -1.02. The van der Waals surface area contributed by atoms with Crippen molar-refractivity contribution in [3.05, 3.63) is 35.4 Å². The van der Waals surface area contributed by atoms with Crippen LogP contribution in [0.2, 0.25) is 0 Å². The standard InChI is InChI=1S/C15H12N4O2/c1-21-14(20)12-6-15(8-16,9-17)19-13(12)11-5-3-2-4-10(11)7-18-19/h2-5,7,12-13H,6H2,1H3/t12-,13-/m1/s1. The van der Waals surface area contributed by atoms with Gasteiger partial charge in [0.2, 0.25) is 5.54 Å². The number of hydrogen-bond donors (Lipinski definition) is 0. The molecule has 0 bridgehead atoms. The highest BCUT2D eigenvalue weighted by Gasteiger charge is 2.57. The minimum absolute atomic E-state index is 0.0863. The number of methoxy groups -OCH3 is 1. The van der Waals surface area contributed by atoms with Gasteiger partial charge in [0.05, 0.1) is 25.3 Å². The molecule has 1 fully saturated rings. The van der Waals surface area contributed by atoms with Gasteiger partial charge in [-0.1, -0.05) is 24.3 Å². The molecule has 21 heavy (non-hydrogen) atoms. The zero-order valence-corrected chi connectivity index (χ0v) is 11.4. The lowest BCUT2D eigenvalue weighted by Crippen LogP contribution is -2.40. The molecule has 0 aromatic heterocycles. The highest BCUT2D eigenvalue weighted by molar-refractivity contribution is 5.85. The first kappa shape index (κ1) is 13.1. The molecule has 1 aromatic carbocycles. The molecule has 2 aliphatic heterocycles. The topological polar surface area (TPSA) is 89.5 Å². The number of rotatable bonds is 1. The number of nitrogens with zero attached hydrogens (tertiary/aromatic N) is 4. The third kappa shape index (κ3) is 1.70. The lowest BCUT2D eigenvalue weighted by molar-refractivity contribution is -0.146. The van der Waals surface area contributed by atoms with Crippen molar-refractivity contribution in [1.82, 2.24) is 5.01 Å². The van der Waals surface area contributed by atoms with Crippen molar-refractivity contribution in [2.24, 2.45) is 11.0 Å². The van der Waals surface area contributed by atoms with E-state index >= 15 is 0 Å². The zero-order chi connectivity index (χ0) is 15.0. The minimum atomic E-state index is -1.44. The Hall–Kier alpha value is -2.86. The molecule has 6 nitrogen and oxygen atoms in total. The van der Waals surface area contributed by atoms with Crippen molar-refractivity contribution in [2.45, 2.75) is 18.0 Å². The van der Waals surface area contributed by atoms with Gasteiger partial charge in [0.25, 0.3) is 0 Å². The monoisotopic (exact) mass is 280 g/mol. The molecule has 2 atom stereocenters. The Labute approximate surface area is 121 Å². The fraction of sp³-hybridized carbons (Fsp3) is 0.333. The van der Waals surface area contributed by atoms with Crippen LogP contribution in [-0.4, -0.2) is 29.8 Å². The second-order valence-electron chi connectivity index (χ2n) is 5.08. The van der Waals surface area contributed by atoms with Gasteiger partial charge in [-0.2, -0.15) is 15.6 Å². The normalized spacial score (nSPS) is 24.4. The number of fused-ring (bicyclic) bond motifs is 3. The SMILES string of the molecule is COC(=O)[C@@H]1CC(C#N)(C#N)N2N=Cc3ccccc3[C@H]12. The summed E-state index contributed by atoms with van der Waals surface area (Å²) in [5.41, 5.74) is 0.336. The molecule has 104 valence electrons. The van der Waals surface area contributed by atoms with Gasteiger partial charge in [0.1, 0.15) is 12.1 Å². The zero-order valence-electron chi connectivity index (χ0n) is 11.4. The molecular weight excluding hydrogens is 268 g/mol. The highest BCUT2D eigenvalue weighted by Crippen LogP contribution is 2.49. The Bertz CT molecular complexity index is 699. The summed E-state index contributed by atoms with van der Waals surface area (Å²) in [6.07, 6.45) is 1.71. The molecule has 0 aliphatic carbocycles. The van der Waals surface area contributed by atoms with Crippen molar-refractivity contribution in [3.8, 4) is 12.1 Å². The van der Waals surface area contributed by atoms with Crippen molar-refractivity contribution < 1.29 is 9.53 Å². The van der Waals surface area contributed by atoms with Crippen LogP contribution in [-0.2, 0) is 9.53 Å². The predicted octanol–water partition coefficient (Wildman–Crippen LogP) is 1.36. The van der Waals surface area contributed by atoms with Crippen LogP contribution in [0.3, 0.4) is 0 Å². The molecule has 2 heterocycles. The van der Waals surface area contributed by atoms with Gasteiger partial charge in [-0.15, -0.1) is 0 Å². The maximum Gasteiger partial charge on any atom is 0.311 e. The van der Waals surface area contributed by atoms with E-state index in [4.69, 9.17) is 4.74 Å². The van der Waals surface area contributed by atoms with Crippen LogP contribution in [0.25, 0.3) is 0 Å². The summed E-state index contributed by atoms with van der Waals surface area (Å²) in [6, 6.07) is 11.1. The maximum absolute atomic E-state index is 12.1. The molecule has 1 aromatic rings. The van der Waals surface area contributed by atoms with Crippen LogP contribution in [0.15, 0.2) is 29.4 Å². The average Bonchev–Trinajstić information content (AvgIpc) is 2.89. The summed E-state index contributed by atoms with van der Waals surface area (Å²) < 4.78 is 4.84. The average molecular weight is 280 g/mol. The largest absolute Gasteiger partial charge is 0.469 e. The Morgan fingerprint density at radius 1 is 1.43 bits per heavy atom. The van der Waals surface area contributed by atoms with E-state index in [0.717, 1.165) is 11.1 Å². The van der Waals surface area contributed by atoms with Gasteiger partial charge in [-0.3, -0.25) is 9.80 Å². The van der Waals surface area contributed by atoms with E-state index in [9.17, 15) is 15.3 Å². The first-order chi connectivity index (χ1) is 10.2.